The molecular formula is C19H22ClN3O2S. The quantitative estimate of drug-likeness (QED) is 0.806. The van der Waals surface area contributed by atoms with Crippen molar-refractivity contribution in [1.82, 2.24) is 14.5 Å². The first-order valence-electron chi connectivity index (χ1n) is 8.64. The minimum atomic E-state index is -0.149. The molecule has 1 atom stereocenters. The van der Waals surface area contributed by atoms with Crippen molar-refractivity contribution in [2.24, 2.45) is 0 Å². The van der Waals surface area contributed by atoms with Crippen LogP contribution < -0.4 is 5.56 Å². The molecule has 1 amide bonds. The van der Waals surface area contributed by atoms with Gasteiger partial charge in [-0.2, -0.15) is 11.8 Å². The number of carbonyl (C=O) groups is 1. The van der Waals surface area contributed by atoms with Crippen molar-refractivity contribution in [3.63, 3.8) is 0 Å². The maximum Gasteiger partial charge on any atom is 0.256 e. The van der Waals surface area contributed by atoms with E-state index in [4.69, 9.17) is 11.6 Å². The van der Waals surface area contributed by atoms with Crippen LogP contribution in [0.2, 0.25) is 5.02 Å². The van der Waals surface area contributed by atoms with Gasteiger partial charge < -0.3 is 4.90 Å². The zero-order valence-corrected chi connectivity index (χ0v) is 16.5. The van der Waals surface area contributed by atoms with E-state index in [1.165, 1.54) is 10.9 Å². The number of aryl methyl sites for hydroxylation is 1. The Morgan fingerprint density at radius 1 is 1.31 bits per heavy atom. The van der Waals surface area contributed by atoms with Gasteiger partial charge in [0, 0.05) is 40.4 Å². The molecule has 2 aromatic rings. The number of aromatic nitrogens is 2. The predicted octanol–water partition coefficient (Wildman–Crippen LogP) is 3.22. The Morgan fingerprint density at radius 2 is 2.08 bits per heavy atom. The van der Waals surface area contributed by atoms with Gasteiger partial charge in [0.2, 0.25) is 5.91 Å². The molecule has 5 nitrogen and oxygen atoms in total. The first-order valence-corrected chi connectivity index (χ1v) is 10.1. The molecular weight excluding hydrogens is 370 g/mol. The molecule has 0 aliphatic carbocycles. The van der Waals surface area contributed by atoms with E-state index in [0.29, 0.717) is 24.3 Å². The van der Waals surface area contributed by atoms with Gasteiger partial charge in [0.05, 0.1) is 6.33 Å². The molecule has 1 saturated heterocycles. The van der Waals surface area contributed by atoms with Crippen LogP contribution in [0.5, 0.6) is 0 Å². The molecule has 7 heteroatoms. The summed E-state index contributed by atoms with van der Waals surface area (Å²) in [5.41, 5.74) is 2.27. The van der Waals surface area contributed by atoms with Crippen LogP contribution in [0.4, 0.5) is 0 Å². The maximum absolute atomic E-state index is 12.7. The Morgan fingerprint density at radius 3 is 2.85 bits per heavy atom. The standard InChI is InChI=1S/C19H22ClN3O2S/c1-13-14(2)21-12-23(19(13)25)11-18(24)22-8-7-17(26-10-9-22)15-5-3-4-6-16(15)20/h3-6,12,17H,7-11H2,1-2H3. The molecule has 2 heterocycles. The number of thioether (sulfide) groups is 1. The Labute approximate surface area is 162 Å². The molecule has 0 N–H and O–H groups in total. The lowest BCUT2D eigenvalue weighted by Gasteiger charge is -2.21. The highest BCUT2D eigenvalue weighted by Gasteiger charge is 2.23. The fraction of sp³-hybridized carbons (Fsp3) is 0.421. The summed E-state index contributed by atoms with van der Waals surface area (Å²) in [7, 11) is 0. The maximum atomic E-state index is 12.7. The molecule has 3 rings (SSSR count). The molecule has 26 heavy (non-hydrogen) atoms. The van der Waals surface area contributed by atoms with Gasteiger partial charge in [0.25, 0.3) is 5.56 Å². The van der Waals surface area contributed by atoms with Gasteiger partial charge in [-0.05, 0) is 31.9 Å². The third kappa shape index (κ3) is 4.13. The van der Waals surface area contributed by atoms with Crippen LogP contribution in [0.25, 0.3) is 0 Å². The summed E-state index contributed by atoms with van der Waals surface area (Å²) in [5.74, 6) is 0.805. The normalized spacial score (nSPS) is 17.8. The van der Waals surface area contributed by atoms with E-state index in [0.717, 1.165) is 22.8 Å². The lowest BCUT2D eigenvalue weighted by Crippen LogP contribution is -2.38. The topological polar surface area (TPSA) is 55.2 Å². The van der Waals surface area contributed by atoms with Gasteiger partial charge in [-0.3, -0.25) is 14.2 Å². The van der Waals surface area contributed by atoms with E-state index in [2.05, 4.69) is 11.1 Å². The highest BCUT2D eigenvalue weighted by molar-refractivity contribution is 7.99. The minimum Gasteiger partial charge on any atom is -0.340 e. The predicted molar refractivity (Wildman–Crippen MR) is 106 cm³/mol. The monoisotopic (exact) mass is 391 g/mol. The third-order valence-electron chi connectivity index (χ3n) is 4.77. The highest BCUT2D eigenvalue weighted by atomic mass is 35.5. The Hall–Kier alpha value is -1.79. The number of hydrogen-bond acceptors (Lipinski definition) is 4. The van der Waals surface area contributed by atoms with Crippen LogP contribution in [0.1, 0.15) is 28.5 Å². The second-order valence-corrected chi connectivity index (χ2v) is 8.16. The molecule has 1 aliphatic heterocycles. The van der Waals surface area contributed by atoms with E-state index in [9.17, 15) is 9.59 Å². The molecule has 138 valence electrons. The van der Waals surface area contributed by atoms with Crippen molar-refractivity contribution in [2.75, 3.05) is 18.8 Å². The van der Waals surface area contributed by atoms with Gasteiger partial charge in [-0.1, -0.05) is 29.8 Å². The van der Waals surface area contributed by atoms with E-state index < -0.39 is 0 Å². The summed E-state index contributed by atoms with van der Waals surface area (Å²) in [6, 6.07) is 7.88. The largest absolute Gasteiger partial charge is 0.340 e. The molecule has 1 fully saturated rings. The van der Waals surface area contributed by atoms with Crippen LogP contribution in [0.3, 0.4) is 0 Å². The zero-order chi connectivity index (χ0) is 18.7. The fourth-order valence-electron chi connectivity index (χ4n) is 3.04. The molecule has 0 spiro atoms. The fourth-order valence-corrected chi connectivity index (χ4v) is 4.64. The number of amides is 1. The summed E-state index contributed by atoms with van der Waals surface area (Å²) in [6.07, 6.45) is 2.31. The number of nitrogens with zero attached hydrogens (tertiary/aromatic N) is 3. The van der Waals surface area contributed by atoms with Crippen LogP contribution in [-0.2, 0) is 11.3 Å². The second kappa shape index (κ2) is 8.27. The number of benzene rings is 1. The molecule has 0 radical (unpaired) electrons. The van der Waals surface area contributed by atoms with Gasteiger partial charge >= 0.3 is 0 Å². The van der Waals surface area contributed by atoms with Crippen molar-refractivity contribution >= 4 is 29.3 Å². The van der Waals surface area contributed by atoms with Crippen LogP contribution >= 0.6 is 23.4 Å². The van der Waals surface area contributed by atoms with Gasteiger partial charge in [0.1, 0.15) is 6.54 Å². The van der Waals surface area contributed by atoms with E-state index in [1.807, 2.05) is 34.9 Å². The second-order valence-electron chi connectivity index (χ2n) is 6.44. The third-order valence-corrected chi connectivity index (χ3v) is 6.42. The first-order chi connectivity index (χ1) is 12.5. The van der Waals surface area contributed by atoms with Gasteiger partial charge in [-0.15, -0.1) is 0 Å². The average molecular weight is 392 g/mol. The van der Waals surface area contributed by atoms with Crippen molar-refractivity contribution in [3.05, 3.63) is 62.8 Å². The highest BCUT2D eigenvalue weighted by Crippen LogP contribution is 2.37. The van der Waals surface area contributed by atoms with E-state index in [-0.39, 0.29) is 23.3 Å². The molecule has 1 unspecified atom stereocenters. The molecule has 0 saturated carbocycles. The van der Waals surface area contributed by atoms with Crippen LogP contribution in [-0.4, -0.2) is 39.2 Å². The van der Waals surface area contributed by atoms with Crippen molar-refractivity contribution < 1.29 is 4.79 Å². The number of halogens is 1. The Balaban J connectivity index is 1.68. The van der Waals surface area contributed by atoms with Crippen molar-refractivity contribution in [1.29, 1.82) is 0 Å². The lowest BCUT2D eigenvalue weighted by atomic mass is 10.1. The Bertz CT molecular complexity index is 868. The molecule has 1 aliphatic rings. The van der Waals surface area contributed by atoms with Gasteiger partial charge in [-0.25, -0.2) is 4.98 Å². The van der Waals surface area contributed by atoms with Crippen LogP contribution in [0, 0.1) is 13.8 Å². The zero-order valence-electron chi connectivity index (χ0n) is 14.9. The molecule has 1 aromatic carbocycles. The van der Waals surface area contributed by atoms with Crippen LogP contribution in [0.15, 0.2) is 35.4 Å². The SMILES string of the molecule is Cc1ncn(CC(=O)N2CCSC(c3ccccc3Cl)CC2)c(=O)c1C. The number of hydrogen-bond donors (Lipinski definition) is 0. The van der Waals surface area contributed by atoms with E-state index in [1.54, 1.807) is 13.8 Å². The lowest BCUT2D eigenvalue weighted by molar-refractivity contribution is -0.131. The van der Waals surface area contributed by atoms with Crippen molar-refractivity contribution in [2.45, 2.75) is 32.1 Å². The summed E-state index contributed by atoms with van der Waals surface area (Å²) in [5, 5.41) is 1.06. The summed E-state index contributed by atoms with van der Waals surface area (Å²) in [4.78, 5) is 31.0. The summed E-state index contributed by atoms with van der Waals surface area (Å²) < 4.78 is 1.40. The minimum absolute atomic E-state index is 0.0361. The number of rotatable bonds is 3. The Kier molecular flexibility index (Phi) is 6.04. The average Bonchev–Trinajstić information content (AvgIpc) is 2.89. The molecule has 0 bridgehead atoms. The summed E-state index contributed by atoms with van der Waals surface area (Å²) in [6.45, 7) is 4.91. The van der Waals surface area contributed by atoms with Gasteiger partial charge in [0.15, 0.2) is 0 Å². The van der Waals surface area contributed by atoms with Crippen molar-refractivity contribution in [3.8, 4) is 0 Å². The van der Waals surface area contributed by atoms with E-state index >= 15 is 0 Å². The number of carbonyl (C=O) groups excluding carboxylic acids is 1. The first kappa shape index (κ1) is 19.0. The molecule has 1 aromatic heterocycles. The summed E-state index contributed by atoms with van der Waals surface area (Å²) >= 11 is 8.15. The smallest absolute Gasteiger partial charge is 0.256 e.